The summed E-state index contributed by atoms with van der Waals surface area (Å²) in [6.45, 7) is 8.01. The number of benzene rings is 3. The van der Waals surface area contributed by atoms with Crippen molar-refractivity contribution in [1.82, 2.24) is 4.90 Å². The van der Waals surface area contributed by atoms with E-state index in [1.807, 2.05) is 39.0 Å². The zero-order valence-electron chi connectivity index (χ0n) is 23.2. The van der Waals surface area contributed by atoms with Gasteiger partial charge < -0.3 is 10.1 Å². The van der Waals surface area contributed by atoms with Crippen LogP contribution in [0.2, 0.25) is 0 Å². The van der Waals surface area contributed by atoms with Crippen molar-refractivity contribution in [2.75, 3.05) is 23.3 Å². The first-order valence-electron chi connectivity index (χ1n) is 12.9. The first-order chi connectivity index (χ1) is 18.7. The minimum Gasteiger partial charge on any atom is -0.443 e. The number of sulfonamides is 1. The van der Waals surface area contributed by atoms with E-state index < -0.39 is 39.7 Å². The highest BCUT2D eigenvalue weighted by Crippen LogP contribution is 2.35. The third-order valence-electron chi connectivity index (χ3n) is 6.47. The van der Waals surface area contributed by atoms with E-state index in [9.17, 15) is 22.4 Å². The van der Waals surface area contributed by atoms with Gasteiger partial charge in [0, 0.05) is 35.4 Å². The first kappa shape index (κ1) is 29.1. The molecule has 212 valence electrons. The fourth-order valence-corrected chi connectivity index (χ4v) is 5.52. The van der Waals surface area contributed by atoms with Gasteiger partial charge in [-0.1, -0.05) is 36.4 Å². The van der Waals surface area contributed by atoms with Gasteiger partial charge in [-0.2, -0.15) is 0 Å². The summed E-state index contributed by atoms with van der Waals surface area (Å²) in [6, 6.07) is 16.7. The Labute approximate surface area is 234 Å². The lowest BCUT2D eigenvalue weighted by molar-refractivity contribution is -0.124. The zero-order valence-corrected chi connectivity index (χ0v) is 24.0. The predicted molar refractivity (Wildman–Crippen MR) is 154 cm³/mol. The number of anilines is 2. The van der Waals surface area contributed by atoms with Crippen molar-refractivity contribution in [3.8, 4) is 0 Å². The molecule has 0 spiro atoms. The molecule has 1 aliphatic rings. The Morgan fingerprint density at radius 2 is 1.57 bits per heavy atom. The van der Waals surface area contributed by atoms with Gasteiger partial charge in [-0.3, -0.25) is 14.4 Å². The van der Waals surface area contributed by atoms with Crippen LogP contribution in [0.4, 0.5) is 20.6 Å². The van der Waals surface area contributed by atoms with Crippen LogP contribution in [-0.2, 0) is 19.6 Å². The number of hydrogen-bond donors (Lipinski definition) is 2. The number of carbonyl (C=O) groups is 2. The molecule has 0 saturated carbocycles. The highest BCUT2D eigenvalue weighted by molar-refractivity contribution is 7.93. The molecule has 1 unspecified atom stereocenters. The summed E-state index contributed by atoms with van der Waals surface area (Å²) in [6.07, 6.45) is 3.17. The fraction of sp³-hybridized carbons (Fsp3) is 0.333. The van der Waals surface area contributed by atoms with E-state index in [0.29, 0.717) is 23.3 Å². The molecule has 0 fully saturated rings. The van der Waals surface area contributed by atoms with Gasteiger partial charge in [0.2, 0.25) is 5.91 Å². The van der Waals surface area contributed by atoms with E-state index in [1.54, 1.807) is 42.6 Å². The van der Waals surface area contributed by atoms with E-state index in [2.05, 4.69) is 10.0 Å². The predicted octanol–water partition coefficient (Wildman–Crippen LogP) is 6.42. The molecule has 3 aromatic rings. The Morgan fingerprint density at radius 1 is 0.950 bits per heavy atom. The van der Waals surface area contributed by atoms with Gasteiger partial charge in [-0.05, 0) is 75.9 Å². The van der Waals surface area contributed by atoms with E-state index in [-0.39, 0.29) is 10.8 Å². The van der Waals surface area contributed by atoms with Crippen molar-refractivity contribution in [2.45, 2.75) is 51.0 Å². The number of carbonyl (C=O) groups excluding carboxylic acids is 2. The van der Waals surface area contributed by atoms with E-state index in [0.717, 1.165) is 10.9 Å². The van der Waals surface area contributed by atoms with Gasteiger partial charge in [0.05, 0.1) is 10.3 Å². The molecule has 0 radical (unpaired) electrons. The number of ether oxygens (including phenoxy) is 1. The molecule has 0 bridgehead atoms. The van der Waals surface area contributed by atoms with Crippen LogP contribution < -0.4 is 10.0 Å². The van der Waals surface area contributed by atoms with Crippen molar-refractivity contribution in [3.63, 3.8) is 0 Å². The zero-order chi connectivity index (χ0) is 29.3. The highest BCUT2D eigenvalue weighted by atomic mass is 32.2. The van der Waals surface area contributed by atoms with E-state index in [1.165, 1.54) is 30.9 Å². The summed E-state index contributed by atoms with van der Waals surface area (Å²) in [5.41, 5.74) is -0.153. The maximum atomic E-state index is 13.4. The maximum Gasteiger partial charge on any atom is 0.414 e. The van der Waals surface area contributed by atoms with Crippen LogP contribution in [0.25, 0.3) is 10.8 Å². The summed E-state index contributed by atoms with van der Waals surface area (Å²) in [4.78, 5) is 26.4. The molecule has 4 rings (SSSR count). The average molecular weight is 568 g/mol. The summed E-state index contributed by atoms with van der Waals surface area (Å²) in [7, 11) is -3.98. The second-order valence-electron chi connectivity index (χ2n) is 11.4. The van der Waals surface area contributed by atoms with Crippen LogP contribution >= 0.6 is 0 Å². The number of nitrogens with zero attached hydrogens (tertiary/aromatic N) is 1. The van der Waals surface area contributed by atoms with Crippen LogP contribution in [0.5, 0.6) is 0 Å². The van der Waals surface area contributed by atoms with Crippen molar-refractivity contribution in [2.24, 2.45) is 5.41 Å². The molecule has 8 nitrogen and oxygen atoms in total. The van der Waals surface area contributed by atoms with Gasteiger partial charge >= 0.3 is 6.09 Å². The Kier molecular flexibility index (Phi) is 7.94. The minimum absolute atomic E-state index is 0.111. The van der Waals surface area contributed by atoms with Gasteiger partial charge in [-0.15, -0.1) is 0 Å². The largest absolute Gasteiger partial charge is 0.443 e. The van der Waals surface area contributed by atoms with Gasteiger partial charge in [0.25, 0.3) is 10.0 Å². The Bertz CT molecular complexity index is 1560. The summed E-state index contributed by atoms with van der Waals surface area (Å²) in [5.74, 6) is -0.603. The number of hydrogen-bond acceptors (Lipinski definition) is 5. The molecule has 2 amide bonds. The number of amides is 2. The number of halogens is 1. The van der Waals surface area contributed by atoms with Gasteiger partial charge in [0.1, 0.15) is 12.3 Å². The number of fused-ring (bicyclic) bond motifs is 1. The van der Waals surface area contributed by atoms with Crippen molar-refractivity contribution in [1.29, 1.82) is 0 Å². The third kappa shape index (κ3) is 6.44. The molecule has 1 aliphatic heterocycles. The summed E-state index contributed by atoms with van der Waals surface area (Å²) in [5, 5.41) is 3.95. The van der Waals surface area contributed by atoms with Crippen molar-refractivity contribution < 1.29 is 27.1 Å². The van der Waals surface area contributed by atoms with Crippen molar-refractivity contribution in [3.05, 3.63) is 78.5 Å². The molecule has 1 heterocycles. The molecule has 0 saturated heterocycles. The van der Waals surface area contributed by atoms with Crippen LogP contribution in [0.15, 0.2) is 77.8 Å². The van der Waals surface area contributed by atoms with E-state index >= 15 is 0 Å². The Hall–Kier alpha value is -3.92. The van der Waals surface area contributed by atoms with Crippen LogP contribution in [0, 0.1) is 5.41 Å². The Morgan fingerprint density at radius 3 is 2.20 bits per heavy atom. The number of nitrogens with one attached hydrogen (secondary N) is 2. The Balaban J connectivity index is 1.55. The molecular weight excluding hydrogens is 533 g/mol. The first-order valence-corrected chi connectivity index (χ1v) is 14.4. The minimum atomic E-state index is -3.98. The maximum absolute atomic E-state index is 13.4. The standard InChI is InChI=1S/C30H34FN3O5S/c1-29(2,3)39-28(36)34-17-16-20(18-34)23-14-15-26(25-9-7-6-8-24(23)25)40(37,38)33-22-12-10-21(11-13-22)32-27(35)30(4,5)19-31/h6-17,20,33H,18-19H2,1-5H3,(H,32,35). The molecule has 1 atom stereocenters. The highest BCUT2D eigenvalue weighted by Gasteiger charge is 2.29. The normalized spacial score (nSPS) is 15.8. The SMILES string of the molecule is CC(C)(C)OC(=O)N1C=CC(c2ccc(S(=O)(=O)Nc3ccc(NC(=O)C(C)(C)CF)cc3)c3ccccc23)C1. The average Bonchev–Trinajstić information content (AvgIpc) is 3.38. The molecule has 2 N–H and O–H groups in total. The molecule has 0 aromatic heterocycles. The van der Waals surface area contributed by atoms with Crippen LogP contribution in [0.3, 0.4) is 0 Å². The van der Waals surface area contributed by atoms with E-state index in [4.69, 9.17) is 4.74 Å². The fourth-order valence-electron chi connectivity index (χ4n) is 4.24. The smallest absolute Gasteiger partial charge is 0.414 e. The van der Waals surface area contributed by atoms with Gasteiger partial charge in [0.15, 0.2) is 0 Å². The summed E-state index contributed by atoms with van der Waals surface area (Å²) >= 11 is 0. The topological polar surface area (TPSA) is 105 Å². The molecule has 40 heavy (non-hydrogen) atoms. The second-order valence-corrected chi connectivity index (χ2v) is 13.1. The molecule has 3 aromatic carbocycles. The summed E-state index contributed by atoms with van der Waals surface area (Å²) < 4.78 is 48.1. The number of rotatable bonds is 7. The molecular formula is C30H34FN3O5S. The van der Waals surface area contributed by atoms with Crippen molar-refractivity contribution >= 4 is 44.2 Å². The molecule has 0 aliphatic carbocycles. The number of alkyl halides is 1. The lowest BCUT2D eigenvalue weighted by Gasteiger charge is -2.24. The van der Waals surface area contributed by atoms with Crippen LogP contribution in [-0.4, -0.2) is 44.1 Å². The lowest BCUT2D eigenvalue weighted by Crippen LogP contribution is -2.33. The monoisotopic (exact) mass is 567 g/mol. The third-order valence-corrected chi connectivity index (χ3v) is 7.91. The lowest BCUT2D eigenvalue weighted by atomic mass is 9.94. The quantitative estimate of drug-likeness (QED) is 0.343. The molecule has 10 heteroatoms. The van der Waals surface area contributed by atoms with Crippen LogP contribution in [0.1, 0.15) is 46.1 Å². The second kappa shape index (κ2) is 10.9. The van der Waals surface area contributed by atoms with Gasteiger partial charge in [-0.25, -0.2) is 17.6 Å².